The molecule has 1 saturated carbocycles. The molecule has 0 spiro atoms. The zero-order chi connectivity index (χ0) is 55.9. The Morgan fingerprint density at radius 3 is 2.33 bits per heavy atom. The molecule has 6 aliphatic rings. The van der Waals surface area contributed by atoms with Crippen LogP contribution < -0.4 is 30.5 Å². The highest BCUT2D eigenvalue weighted by atomic mass is 32.1. The molecular weight excluding hydrogens is 1050 g/mol. The van der Waals surface area contributed by atoms with E-state index in [2.05, 4.69) is 72.3 Å². The van der Waals surface area contributed by atoms with Gasteiger partial charge < -0.3 is 59.8 Å². The van der Waals surface area contributed by atoms with Crippen LogP contribution in [0, 0.1) is 18.8 Å². The number of carbonyl (C=O) groups is 2. The molecule has 1 aromatic carbocycles. The number of aromatic hydroxyl groups is 1. The van der Waals surface area contributed by atoms with E-state index in [4.69, 9.17) is 19.7 Å². The number of ether oxygens (including phenoxy) is 2. The first-order valence-corrected chi connectivity index (χ1v) is 29.8. The number of piperazine rings is 1. The van der Waals surface area contributed by atoms with Crippen molar-refractivity contribution in [3.8, 4) is 33.5 Å². The molecule has 12 rings (SSSR count). The van der Waals surface area contributed by atoms with Gasteiger partial charge >= 0.3 is 0 Å². The second kappa shape index (κ2) is 23.5. The van der Waals surface area contributed by atoms with Crippen LogP contribution in [0.2, 0.25) is 0 Å². The lowest BCUT2D eigenvalue weighted by Crippen LogP contribution is -2.54. The van der Waals surface area contributed by atoms with Gasteiger partial charge in [-0.2, -0.15) is 0 Å². The summed E-state index contributed by atoms with van der Waals surface area (Å²) < 4.78 is 19.0. The summed E-state index contributed by atoms with van der Waals surface area (Å²) in [6, 6.07) is 14.5. The average molecular weight is 1120 g/mol. The third kappa shape index (κ3) is 11.7. The van der Waals surface area contributed by atoms with Crippen molar-refractivity contribution in [1.29, 1.82) is 0 Å². The number of benzene rings is 1. The van der Waals surface area contributed by atoms with Crippen LogP contribution in [-0.4, -0.2) is 162 Å². The fraction of sp³-hybridized carbons (Fsp3) is 0.542. The predicted octanol–water partition coefficient (Wildman–Crippen LogP) is 6.78. The maximum absolute atomic E-state index is 14.4. The summed E-state index contributed by atoms with van der Waals surface area (Å²) >= 11 is 1.50. The highest BCUT2D eigenvalue weighted by Crippen LogP contribution is 2.41. The van der Waals surface area contributed by atoms with Crippen molar-refractivity contribution in [3.63, 3.8) is 0 Å². The second-order valence-corrected chi connectivity index (χ2v) is 24.4. The highest BCUT2D eigenvalue weighted by Gasteiger charge is 2.45. The van der Waals surface area contributed by atoms with Crippen molar-refractivity contribution in [2.75, 3.05) is 72.8 Å². The molecule has 2 amide bonds. The number of para-hydroxylation sites is 1. The van der Waals surface area contributed by atoms with Gasteiger partial charge in [0.2, 0.25) is 17.7 Å². The van der Waals surface area contributed by atoms with Gasteiger partial charge in [0.05, 0.1) is 69.9 Å². The van der Waals surface area contributed by atoms with Crippen molar-refractivity contribution in [1.82, 2.24) is 50.4 Å². The molecule has 81 heavy (non-hydrogen) atoms. The average Bonchev–Trinajstić information content (AvgIpc) is 4.28. The van der Waals surface area contributed by atoms with Crippen LogP contribution in [0.3, 0.4) is 0 Å². The van der Waals surface area contributed by atoms with Gasteiger partial charge in [-0.05, 0) is 88.5 Å². The monoisotopic (exact) mass is 1120 g/mol. The quantitative estimate of drug-likeness (QED) is 0.0734. The Kier molecular flexibility index (Phi) is 15.8. The SMILES string of the molecule is Cc1ncsc1-c1cnc([C@H](C)NC(=O)[C@@H]2C[C@@H](O)CN2C(=O)[C@@H](c2cc(N3CCC(CN4CCC(OC5CC(Oc6cc(N7C8CC[C@@H]7CN(c7cc(-c9ccccc9O)nnc7N)C8)ccn6)C5)CC4)CC3)no2)C(C)C)cn1. The van der Waals surface area contributed by atoms with Crippen LogP contribution in [0.5, 0.6) is 11.6 Å². The lowest BCUT2D eigenvalue weighted by molar-refractivity contribution is -0.141. The Morgan fingerprint density at radius 1 is 0.840 bits per heavy atom. The number of phenols is 1. The zero-order valence-electron chi connectivity index (χ0n) is 46.6. The van der Waals surface area contributed by atoms with E-state index in [1.807, 2.05) is 58.2 Å². The summed E-state index contributed by atoms with van der Waals surface area (Å²) in [5, 5.41) is 37.3. The smallest absolute Gasteiger partial charge is 0.243 e. The number of amides is 2. The number of likely N-dealkylation sites (tertiary alicyclic amines) is 2. The Hall–Kier alpha value is -7.01. The first kappa shape index (κ1) is 54.6. The number of nitrogens with zero attached hydrogens (tertiary/aromatic N) is 12. The minimum absolute atomic E-state index is 0.0565. The number of nitrogen functional groups attached to an aromatic ring is 1. The number of anilines is 4. The van der Waals surface area contributed by atoms with Gasteiger partial charge in [0.15, 0.2) is 17.4 Å². The van der Waals surface area contributed by atoms with Gasteiger partial charge in [0, 0.05) is 113 Å². The first-order valence-electron chi connectivity index (χ1n) is 29.0. The molecule has 5 aliphatic heterocycles. The number of hydrogen-bond donors (Lipinski definition) is 4. The van der Waals surface area contributed by atoms with Gasteiger partial charge in [-0.15, -0.1) is 21.5 Å². The molecule has 2 bridgehead atoms. The van der Waals surface area contributed by atoms with Crippen LogP contribution in [0.15, 0.2) is 77.2 Å². The fourth-order valence-corrected chi connectivity index (χ4v) is 13.9. The van der Waals surface area contributed by atoms with Gasteiger partial charge in [-0.25, -0.2) is 9.97 Å². The van der Waals surface area contributed by atoms with E-state index in [0.717, 1.165) is 131 Å². The lowest BCUT2D eigenvalue weighted by Gasteiger charge is -2.43. The summed E-state index contributed by atoms with van der Waals surface area (Å²) in [5.74, 6) is 1.54. The number of thiazole rings is 1. The van der Waals surface area contributed by atoms with Crippen LogP contribution in [0.4, 0.5) is 23.0 Å². The van der Waals surface area contributed by atoms with E-state index in [-0.39, 0.29) is 54.8 Å². The summed E-state index contributed by atoms with van der Waals surface area (Å²) in [5.41, 5.74) is 13.6. The van der Waals surface area contributed by atoms with Crippen LogP contribution in [0.25, 0.3) is 21.8 Å². The van der Waals surface area contributed by atoms with Gasteiger partial charge in [0.25, 0.3) is 0 Å². The van der Waals surface area contributed by atoms with Crippen molar-refractivity contribution in [2.24, 2.45) is 11.8 Å². The number of nitrogens with two attached hydrogens (primary N) is 1. The van der Waals surface area contributed by atoms with Crippen LogP contribution in [0.1, 0.15) is 108 Å². The topological polar surface area (TPSA) is 251 Å². The van der Waals surface area contributed by atoms with E-state index in [1.54, 1.807) is 30.0 Å². The minimum Gasteiger partial charge on any atom is -0.507 e. The minimum atomic E-state index is -0.849. The number of rotatable bonds is 17. The maximum Gasteiger partial charge on any atom is 0.243 e. The fourth-order valence-electron chi connectivity index (χ4n) is 13.1. The molecule has 5 N–H and O–H groups in total. The Labute approximate surface area is 476 Å². The summed E-state index contributed by atoms with van der Waals surface area (Å²) in [6.45, 7) is 14.2. The molecule has 5 saturated heterocycles. The molecule has 10 heterocycles. The number of fused-ring (bicyclic) bond motifs is 2. The third-order valence-electron chi connectivity index (χ3n) is 17.6. The summed E-state index contributed by atoms with van der Waals surface area (Å²) in [4.78, 5) is 58.4. The molecule has 5 aromatic heterocycles. The number of carbonyl (C=O) groups excluding carboxylic acids is 2. The van der Waals surface area contributed by atoms with E-state index in [1.165, 1.54) is 16.2 Å². The van der Waals surface area contributed by atoms with Crippen molar-refractivity contribution >= 4 is 46.2 Å². The van der Waals surface area contributed by atoms with Gasteiger partial charge in [-0.1, -0.05) is 31.1 Å². The van der Waals surface area contributed by atoms with E-state index >= 15 is 0 Å². The standard InChI is InChI=1S/C59H74N14O7S/c1-34(2)55(59(77)72-32-41(74)22-50(72)58(76)65-35(3)47-27-63-48(28-62-47)56-36(4)64-33-81-56)52-26-53(68-80-52)70-19-12-37(13-20-70)29-69-17-14-42(15-18-69)78-43-23-44(24-43)79-54-21-38(11-16-61-54)73-39-9-10-40(73)31-71(30-39)49-25-46(66-67-57(49)60)45-7-5-6-8-51(45)75/h5-8,11,16,21,25-28,33-35,37,39-44,50,55,74-75H,9-10,12-15,17-20,22-24,29-32H2,1-4H3,(H2,60,67)(H,65,76)/t35-,39+,40?,41+,43?,44?,50-,55+/m0/s1. The van der Waals surface area contributed by atoms with Crippen molar-refractivity contribution in [2.45, 2.75) is 140 Å². The molecule has 22 heteroatoms. The van der Waals surface area contributed by atoms with Gasteiger partial charge in [-0.3, -0.25) is 19.6 Å². The summed E-state index contributed by atoms with van der Waals surface area (Å²) in [6.07, 6.45) is 13.1. The molecular formula is C59H74N14O7S. The molecule has 21 nitrogen and oxygen atoms in total. The third-order valence-corrected chi connectivity index (χ3v) is 18.6. The van der Waals surface area contributed by atoms with Gasteiger partial charge in [0.1, 0.15) is 29.5 Å². The van der Waals surface area contributed by atoms with Crippen molar-refractivity contribution in [3.05, 3.63) is 89.8 Å². The largest absolute Gasteiger partial charge is 0.507 e. The van der Waals surface area contributed by atoms with Crippen LogP contribution in [-0.2, 0) is 14.3 Å². The Bertz CT molecular complexity index is 3140. The molecule has 428 valence electrons. The number of hydrogen-bond acceptors (Lipinski definition) is 20. The number of aromatic nitrogens is 7. The molecule has 6 fully saturated rings. The summed E-state index contributed by atoms with van der Waals surface area (Å²) in [7, 11) is 0. The molecule has 6 aromatic rings. The number of β-amino-alcohol motifs (C(OH)–C–C–N with tert-alkyl or cyclic N) is 1. The molecule has 6 atom stereocenters. The number of nitrogens with one attached hydrogen (secondary N) is 1. The Balaban J connectivity index is 0.564. The van der Waals surface area contributed by atoms with Crippen LogP contribution >= 0.6 is 11.3 Å². The second-order valence-electron chi connectivity index (χ2n) is 23.5. The zero-order valence-corrected chi connectivity index (χ0v) is 47.4. The number of aryl methyl sites for hydroxylation is 1. The highest BCUT2D eigenvalue weighted by molar-refractivity contribution is 7.13. The van der Waals surface area contributed by atoms with Crippen molar-refractivity contribution < 1.29 is 33.8 Å². The first-order chi connectivity index (χ1) is 39.3. The number of phenolic OH excluding ortho intramolecular Hbond substituents is 1. The molecule has 1 aliphatic carbocycles. The lowest BCUT2D eigenvalue weighted by atomic mass is 9.91. The van der Waals surface area contributed by atoms with E-state index < -0.39 is 24.1 Å². The number of aliphatic hydroxyl groups excluding tert-OH is 1. The normalized spacial score (nSPS) is 24.4. The number of pyridine rings is 1. The number of piperidine rings is 2. The van der Waals surface area contributed by atoms with E-state index in [0.29, 0.717) is 52.4 Å². The maximum atomic E-state index is 14.4. The number of aliphatic hydroxyl groups is 1. The molecule has 0 radical (unpaired) electrons. The van der Waals surface area contributed by atoms with E-state index in [9.17, 15) is 19.8 Å². The predicted molar refractivity (Wildman–Crippen MR) is 307 cm³/mol. The molecule has 1 unspecified atom stereocenters. The Morgan fingerprint density at radius 2 is 1.62 bits per heavy atom.